The summed E-state index contributed by atoms with van der Waals surface area (Å²) in [5, 5.41) is 12.4. The maximum atomic E-state index is 12.5. The van der Waals surface area contributed by atoms with Crippen LogP contribution in [0.3, 0.4) is 0 Å². The van der Waals surface area contributed by atoms with Gasteiger partial charge in [-0.05, 0) is 54.6 Å². The monoisotopic (exact) mass is 402 g/mol. The van der Waals surface area contributed by atoms with Crippen molar-refractivity contribution in [2.75, 3.05) is 11.9 Å². The molecule has 1 saturated heterocycles. The van der Waals surface area contributed by atoms with E-state index in [9.17, 15) is 19.5 Å². The fourth-order valence-electron chi connectivity index (χ4n) is 2.47. The molecule has 0 bridgehead atoms. The molecule has 1 aliphatic rings. The number of amides is 3. The number of rotatable bonds is 4. The van der Waals surface area contributed by atoms with Crippen LogP contribution in [0.15, 0.2) is 47.4 Å². The first-order chi connectivity index (χ1) is 12.8. The van der Waals surface area contributed by atoms with E-state index in [0.29, 0.717) is 28.0 Å². The van der Waals surface area contributed by atoms with Gasteiger partial charge < -0.3 is 10.4 Å². The molecule has 0 saturated carbocycles. The summed E-state index contributed by atoms with van der Waals surface area (Å²) in [6.07, 6.45) is 1.38. The summed E-state index contributed by atoms with van der Waals surface area (Å²) < 4.78 is 0. The van der Waals surface area contributed by atoms with Gasteiger partial charge in [-0.1, -0.05) is 29.8 Å². The molecule has 0 spiro atoms. The molecule has 0 radical (unpaired) electrons. The van der Waals surface area contributed by atoms with Gasteiger partial charge in [0, 0.05) is 16.3 Å². The molecule has 27 heavy (non-hydrogen) atoms. The van der Waals surface area contributed by atoms with Gasteiger partial charge in [0.15, 0.2) is 0 Å². The Balaban J connectivity index is 1.74. The third-order valence-corrected chi connectivity index (χ3v) is 5.01. The number of carbonyl (C=O) groups is 3. The lowest BCUT2D eigenvalue weighted by atomic mass is 10.2. The molecular formula is C19H15ClN2O4S. The fourth-order valence-corrected chi connectivity index (χ4v) is 3.47. The van der Waals surface area contributed by atoms with Gasteiger partial charge in [-0.15, -0.1) is 0 Å². The standard InChI is InChI=1S/C19H15ClN2O4S/c1-11-4-2-3-5-14(11)21-17(24)10-22-18(25)16(27-19(22)26)9-12-8-13(20)6-7-15(12)23/h2-9,23H,10H2,1H3,(H,21,24)/b16-9-. The number of para-hydroxylation sites is 1. The van der Waals surface area contributed by atoms with Gasteiger partial charge in [-0.25, -0.2) is 0 Å². The lowest BCUT2D eigenvalue weighted by Gasteiger charge is -2.13. The predicted octanol–water partition coefficient (Wildman–Crippen LogP) is 4.03. The Kier molecular flexibility index (Phi) is 5.53. The van der Waals surface area contributed by atoms with Gasteiger partial charge in [0.25, 0.3) is 11.1 Å². The Morgan fingerprint density at radius 1 is 1.26 bits per heavy atom. The number of anilines is 1. The number of hydrogen-bond acceptors (Lipinski definition) is 5. The highest BCUT2D eigenvalue weighted by Crippen LogP contribution is 2.34. The molecule has 2 aromatic carbocycles. The van der Waals surface area contributed by atoms with Crippen LogP contribution in [-0.2, 0) is 9.59 Å². The van der Waals surface area contributed by atoms with E-state index in [-0.39, 0.29) is 10.7 Å². The summed E-state index contributed by atoms with van der Waals surface area (Å²) in [5.74, 6) is -1.13. The van der Waals surface area contributed by atoms with Gasteiger partial charge in [-0.3, -0.25) is 19.3 Å². The second-order valence-corrected chi connectivity index (χ2v) is 7.26. The van der Waals surface area contributed by atoms with E-state index in [1.807, 2.05) is 19.1 Å². The van der Waals surface area contributed by atoms with Crippen molar-refractivity contribution in [1.29, 1.82) is 0 Å². The van der Waals surface area contributed by atoms with E-state index >= 15 is 0 Å². The molecule has 3 rings (SSSR count). The van der Waals surface area contributed by atoms with Crippen LogP contribution in [0.5, 0.6) is 5.75 Å². The summed E-state index contributed by atoms with van der Waals surface area (Å²) in [6, 6.07) is 11.6. The first-order valence-electron chi connectivity index (χ1n) is 7.94. The second-order valence-electron chi connectivity index (χ2n) is 5.83. The normalized spacial score (nSPS) is 15.5. The number of nitrogens with zero attached hydrogens (tertiary/aromatic N) is 1. The van der Waals surface area contributed by atoms with Crippen LogP contribution in [0, 0.1) is 6.92 Å². The number of phenolic OH excluding ortho intramolecular Hbond substituents is 1. The van der Waals surface area contributed by atoms with Crippen LogP contribution in [0.25, 0.3) is 6.08 Å². The largest absolute Gasteiger partial charge is 0.507 e. The first-order valence-corrected chi connectivity index (χ1v) is 9.14. The molecule has 1 heterocycles. The van der Waals surface area contributed by atoms with E-state index in [4.69, 9.17) is 11.6 Å². The van der Waals surface area contributed by atoms with Crippen LogP contribution >= 0.6 is 23.4 Å². The molecule has 3 amide bonds. The minimum absolute atomic E-state index is 0.0662. The quantitative estimate of drug-likeness (QED) is 0.754. The van der Waals surface area contributed by atoms with Crippen molar-refractivity contribution in [2.24, 2.45) is 0 Å². The number of aromatic hydroxyl groups is 1. The Morgan fingerprint density at radius 2 is 2.00 bits per heavy atom. The van der Waals surface area contributed by atoms with Gasteiger partial charge in [0.05, 0.1) is 4.91 Å². The number of carbonyl (C=O) groups excluding carboxylic acids is 3. The molecular weight excluding hydrogens is 388 g/mol. The molecule has 138 valence electrons. The molecule has 2 aromatic rings. The lowest BCUT2D eigenvalue weighted by molar-refractivity contribution is -0.127. The van der Waals surface area contributed by atoms with Gasteiger partial charge >= 0.3 is 0 Å². The number of thioether (sulfide) groups is 1. The topological polar surface area (TPSA) is 86.7 Å². The Morgan fingerprint density at radius 3 is 2.74 bits per heavy atom. The third kappa shape index (κ3) is 4.32. The Labute approximate surface area is 164 Å². The zero-order valence-electron chi connectivity index (χ0n) is 14.2. The van der Waals surface area contributed by atoms with E-state index in [0.717, 1.165) is 10.5 Å². The highest BCUT2D eigenvalue weighted by atomic mass is 35.5. The number of imide groups is 1. The maximum Gasteiger partial charge on any atom is 0.294 e. The molecule has 0 atom stereocenters. The van der Waals surface area contributed by atoms with Crippen molar-refractivity contribution >= 4 is 52.2 Å². The number of halogens is 1. The van der Waals surface area contributed by atoms with Gasteiger partial charge in [0.1, 0.15) is 12.3 Å². The molecule has 1 aliphatic heterocycles. The molecule has 6 nitrogen and oxygen atoms in total. The van der Waals surface area contributed by atoms with Crippen molar-refractivity contribution < 1.29 is 19.5 Å². The fraction of sp³-hybridized carbons (Fsp3) is 0.105. The summed E-state index contributed by atoms with van der Waals surface area (Å²) in [7, 11) is 0. The van der Waals surface area contributed by atoms with E-state index in [2.05, 4.69) is 5.32 Å². The minimum atomic E-state index is -0.593. The number of benzene rings is 2. The second kappa shape index (κ2) is 7.85. The Hall–Kier alpha value is -2.77. The van der Waals surface area contributed by atoms with Crippen LogP contribution in [0.2, 0.25) is 5.02 Å². The number of nitrogens with one attached hydrogen (secondary N) is 1. The highest BCUT2D eigenvalue weighted by molar-refractivity contribution is 8.18. The molecule has 0 aromatic heterocycles. The summed E-state index contributed by atoms with van der Waals surface area (Å²) >= 11 is 6.60. The van der Waals surface area contributed by atoms with E-state index in [1.54, 1.807) is 12.1 Å². The maximum absolute atomic E-state index is 12.5. The number of phenols is 1. The Bertz CT molecular complexity index is 974. The smallest absolute Gasteiger partial charge is 0.294 e. The highest BCUT2D eigenvalue weighted by Gasteiger charge is 2.36. The van der Waals surface area contributed by atoms with Crippen LogP contribution < -0.4 is 5.32 Å². The van der Waals surface area contributed by atoms with Crippen LogP contribution in [0.4, 0.5) is 10.5 Å². The molecule has 8 heteroatoms. The molecule has 2 N–H and O–H groups in total. The summed E-state index contributed by atoms with van der Waals surface area (Å²) in [6.45, 7) is 1.45. The van der Waals surface area contributed by atoms with Gasteiger partial charge in [0.2, 0.25) is 5.91 Å². The zero-order valence-corrected chi connectivity index (χ0v) is 15.8. The third-order valence-electron chi connectivity index (χ3n) is 3.87. The number of aryl methyl sites for hydroxylation is 1. The van der Waals surface area contributed by atoms with Crippen LogP contribution in [0.1, 0.15) is 11.1 Å². The molecule has 0 aliphatic carbocycles. The number of hydrogen-bond donors (Lipinski definition) is 2. The van der Waals surface area contributed by atoms with E-state index < -0.39 is 23.6 Å². The minimum Gasteiger partial charge on any atom is -0.507 e. The van der Waals surface area contributed by atoms with Crippen LogP contribution in [-0.4, -0.2) is 33.6 Å². The summed E-state index contributed by atoms with van der Waals surface area (Å²) in [5.41, 5.74) is 1.81. The zero-order chi connectivity index (χ0) is 19.6. The van der Waals surface area contributed by atoms with Crippen molar-refractivity contribution in [2.45, 2.75) is 6.92 Å². The average molecular weight is 403 g/mol. The van der Waals surface area contributed by atoms with Crippen molar-refractivity contribution in [3.63, 3.8) is 0 Å². The predicted molar refractivity (Wildman–Crippen MR) is 106 cm³/mol. The van der Waals surface area contributed by atoms with E-state index in [1.165, 1.54) is 24.3 Å². The van der Waals surface area contributed by atoms with Crippen molar-refractivity contribution in [3.8, 4) is 5.75 Å². The molecule has 0 unspecified atom stereocenters. The first kappa shape index (κ1) is 19.0. The lowest BCUT2D eigenvalue weighted by Crippen LogP contribution is -2.36. The van der Waals surface area contributed by atoms with Crippen molar-refractivity contribution in [3.05, 3.63) is 63.5 Å². The van der Waals surface area contributed by atoms with Crippen molar-refractivity contribution in [1.82, 2.24) is 4.90 Å². The molecule has 1 fully saturated rings. The van der Waals surface area contributed by atoms with Gasteiger partial charge in [-0.2, -0.15) is 0 Å². The average Bonchev–Trinajstić information content (AvgIpc) is 2.87. The SMILES string of the molecule is Cc1ccccc1NC(=O)CN1C(=O)S/C(=C\c2cc(Cl)ccc2O)C1=O. The summed E-state index contributed by atoms with van der Waals surface area (Å²) in [4.78, 5) is 37.9.